The Labute approximate surface area is 161 Å². The van der Waals surface area contributed by atoms with E-state index < -0.39 is 6.10 Å². The predicted octanol–water partition coefficient (Wildman–Crippen LogP) is 4.27. The summed E-state index contributed by atoms with van der Waals surface area (Å²) >= 11 is 0. The molecular formula is C22H28N2O3. The summed E-state index contributed by atoms with van der Waals surface area (Å²) in [4.78, 5) is 27.2. The zero-order valence-electron chi connectivity index (χ0n) is 16.5. The summed E-state index contributed by atoms with van der Waals surface area (Å²) < 4.78 is 5.84. The van der Waals surface area contributed by atoms with Crippen LogP contribution in [0.5, 0.6) is 5.75 Å². The minimum Gasteiger partial charge on any atom is -0.481 e. The van der Waals surface area contributed by atoms with Gasteiger partial charge in [0.2, 0.25) is 0 Å². The number of rotatable bonds is 8. The van der Waals surface area contributed by atoms with Gasteiger partial charge in [-0.2, -0.15) is 0 Å². The van der Waals surface area contributed by atoms with Crippen LogP contribution in [-0.4, -0.2) is 35.9 Å². The molecule has 2 aromatic carbocycles. The van der Waals surface area contributed by atoms with E-state index in [9.17, 15) is 9.59 Å². The Balaban J connectivity index is 2.16. The Hall–Kier alpha value is -2.82. The molecule has 2 rings (SSSR count). The highest BCUT2D eigenvalue weighted by atomic mass is 16.5. The molecule has 5 heteroatoms. The van der Waals surface area contributed by atoms with Gasteiger partial charge in [0.05, 0.1) is 11.3 Å². The number of aryl methyl sites for hydroxylation is 1. The molecule has 0 fully saturated rings. The van der Waals surface area contributed by atoms with E-state index in [0.717, 1.165) is 5.56 Å². The summed E-state index contributed by atoms with van der Waals surface area (Å²) in [6.07, 6.45) is -0.115. The van der Waals surface area contributed by atoms with Crippen molar-refractivity contribution in [1.29, 1.82) is 0 Å². The first-order valence-electron chi connectivity index (χ1n) is 9.42. The number of amides is 2. The lowest BCUT2D eigenvalue weighted by atomic mass is 10.1. The van der Waals surface area contributed by atoms with Gasteiger partial charge in [0, 0.05) is 13.1 Å². The molecule has 0 saturated carbocycles. The number of nitrogens with zero attached hydrogens (tertiary/aromatic N) is 1. The first kappa shape index (κ1) is 20.5. The second-order valence-corrected chi connectivity index (χ2v) is 6.34. The smallest absolute Gasteiger partial charge is 0.265 e. The number of carbonyl (C=O) groups is 2. The third kappa shape index (κ3) is 5.33. The standard InChI is InChI=1S/C22H28N2O3/c1-5-20(27-17-14-12-16(4)13-15-17)21(25)23-19-11-9-8-10-18(19)22(26)24(6-2)7-3/h8-15,20H,5-7H2,1-4H3,(H,23,25)/t20-/m1/s1. The molecule has 1 atom stereocenters. The largest absolute Gasteiger partial charge is 0.481 e. The average Bonchev–Trinajstić information content (AvgIpc) is 2.68. The van der Waals surface area contributed by atoms with E-state index in [4.69, 9.17) is 4.74 Å². The van der Waals surface area contributed by atoms with Crippen LogP contribution in [0.2, 0.25) is 0 Å². The summed E-state index contributed by atoms with van der Waals surface area (Å²) in [6.45, 7) is 9.00. The minimum atomic E-state index is -0.635. The van der Waals surface area contributed by atoms with Crippen LogP contribution < -0.4 is 10.1 Å². The Morgan fingerprint density at radius 3 is 2.22 bits per heavy atom. The Bertz CT molecular complexity index is 767. The zero-order valence-corrected chi connectivity index (χ0v) is 16.5. The number of para-hydroxylation sites is 1. The quantitative estimate of drug-likeness (QED) is 0.757. The van der Waals surface area contributed by atoms with E-state index in [2.05, 4.69) is 5.32 Å². The van der Waals surface area contributed by atoms with Gasteiger partial charge in [0.15, 0.2) is 6.10 Å². The summed E-state index contributed by atoms with van der Waals surface area (Å²) in [6, 6.07) is 14.7. The van der Waals surface area contributed by atoms with Crippen molar-refractivity contribution in [3.63, 3.8) is 0 Å². The van der Waals surface area contributed by atoms with Gasteiger partial charge in [-0.1, -0.05) is 36.8 Å². The van der Waals surface area contributed by atoms with Crippen molar-refractivity contribution >= 4 is 17.5 Å². The summed E-state index contributed by atoms with van der Waals surface area (Å²) in [7, 11) is 0. The van der Waals surface area contributed by atoms with Crippen molar-refractivity contribution in [3.05, 3.63) is 59.7 Å². The number of carbonyl (C=O) groups excluding carboxylic acids is 2. The van der Waals surface area contributed by atoms with Crippen molar-refractivity contribution < 1.29 is 14.3 Å². The molecule has 0 radical (unpaired) electrons. The van der Waals surface area contributed by atoms with Crippen molar-refractivity contribution in [3.8, 4) is 5.75 Å². The molecule has 0 spiro atoms. The highest BCUT2D eigenvalue weighted by Crippen LogP contribution is 2.20. The molecule has 2 aromatic rings. The SMILES string of the molecule is CC[C@@H](Oc1ccc(C)cc1)C(=O)Nc1ccccc1C(=O)N(CC)CC. The highest BCUT2D eigenvalue weighted by molar-refractivity contribution is 6.04. The first-order valence-corrected chi connectivity index (χ1v) is 9.42. The van der Waals surface area contributed by atoms with E-state index in [1.807, 2.05) is 52.0 Å². The topological polar surface area (TPSA) is 58.6 Å². The molecule has 2 amide bonds. The molecule has 0 aliphatic heterocycles. The van der Waals surface area contributed by atoms with Gasteiger partial charge in [-0.15, -0.1) is 0 Å². The maximum atomic E-state index is 12.7. The number of ether oxygens (including phenoxy) is 1. The van der Waals surface area contributed by atoms with Crippen LogP contribution >= 0.6 is 0 Å². The van der Waals surface area contributed by atoms with Gasteiger partial charge >= 0.3 is 0 Å². The molecule has 27 heavy (non-hydrogen) atoms. The number of anilines is 1. The van der Waals surface area contributed by atoms with Crippen molar-refractivity contribution in [1.82, 2.24) is 4.90 Å². The molecule has 0 aromatic heterocycles. The Morgan fingerprint density at radius 2 is 1.63 bits per heavy atom. The van der Waals surface area contributed by atoms with Gasteiger partial charge in [0.1, 0.15) is 5.75 Å². The second kappa shape index (κ2) is 9.76. The molecule has 0 bridgehead atoms. The number of hydrogen-bond acceptors (Lipinski definition) is 3. The van der Waals surface area contributed by atoms with Gasteiger partial charge in [-0.05, 0) is 51.5 Å². The fourth-order valence-corrected chi connectivity index (χ4v) is 2.78. The first-order chi connectivity index (χ1) is 13.0. The lowest BCUT2D eigenvalue weighted by Gasteiger charge is -2.22. The van der Waals surface area contributed by atoms with Gasteiger partial charge in [-0.3, -0.25) is 9.59 Å². The van der Waals surface area contributed by atoms with Gasteiger partial charge < -0.3 is 15.0 Å². The van der Waals surface area contributed by atoms with E-state index >= 15 is 0 Å². The molecule has 0 saturated heterocycles. The third-order valence-electron chi connectivity index (χ3n) is 4.43. The van der Waals surface area contributed by atoms with Crippen molar-refractivity contribution in [2.24, 2.45) is 0 Å². The van der Waals surface area contributed by atoms with Crippen LogP contribution in [0.1, 0.15) is 43.1 Å². The lowest BCUT2D eigenvalue weighted by Crippen LogP contribution is -2.34. The molecular weight excluding hydrogens is 340 g/mol. The van der Waals surface area contributed by atoms with E-state index in [1.165, 1.54) is 0 Å². The normalized spacial score (nSPS) is 11.6. The van der Waals surface area contributed by atoms with Crippen LogP contribution in [0, 0.1) is 6.92 Å². The summed E-state index contributed by atoms with van der Waals surface area (Å²) in [5.74, 6) is 0.288. The monoisotopic (exact) mass is 368 g/mol. The molecule has 0 heterocycles. The van der Waals surface area contributed by atoms with E-state index in [-0.39, 0.29) is 11.8 Å². The summed E-state index contributed by atoms with van der Waals surface area (Å²) in [5.41, 5.74) is 2.12. The number of benzene rings is 2. The number of nitrogens with one attached hydrogen (secondary N) is 1. The van der Waals surface area contributed by atoms with Gasteiger partial charge in [0.25, 0.3) is 11.8 Å². The highest BCUT2D eigenvalue weighted by Gasteiger charge is 2.22. The fourth-order valence-electron chi connectivity index (χ4n) is 2.78. The molecule has 5 nitrogen and oxygen atoms in total. The van der Waals surface area contributed by atoms with Crippen LogP contribution in [0.15, 0.2) is 48.5 Å². The third-order valence-corrected chi connectivity index (χ3v) is 4.43. The summed E-state index contributed by atoms with van der Waals surface area (Å²) in [5, 5.41) is 2.87. The van der Waals surface area contributed by atoms with E-state index in [1.54, 1.807) is 29.2 Å². The number of hydrogen-bond donors (Lipinski definition) is 1. The van der Waals surface area contributed by atoms with Crippen LogP contribution in [0.3, 0.4) is 0 Å². The van der Waals surface area contributed by atoms with Crippen LogP contribution in [-0.2, 0) is 4.79 Å². The average molecular weight is 368 g/mol. The Morgan fingerprint density at radius 1 is 1.00 bits per heavy atom. The van der Waals surface area contributed by atoms with Crippen LogP contribution in [0.4, 0.5) is 5.69 Å². The van der Waals surface area contributed by atoms with Crippen molar-refractivity contribution in [2.75, 3.05) is 18.4 Å². The molecule has 0 aliphatic carbocycles. The van der Waals surface area contributed by atoms with Gasteiger partial charge in [-0.25, -0.2) is 0 Å². The molecule has 144 valence electrons. The zero-order chi connectivity index (χ0) is 19.8. The minimum absolute atomic E-state index is 0.0941. The maximum Gasteiger partial charge on any atom is 0.265 e. The predicted molar refractivity (Wildman–Crippen MR) is 108 cm³/mol. The molecule has 0 aliphatic rings. The molecule has 0 unspecified atom stereocenters. The lowest BCUT2D eigenvalue weighted by molar-refractivity contribution is -0.122. The second-order valence-electron chi connectivity index (χ2n) is 6.34. The molecule has 1 N–H and O–H groups in total. The fraction of sp³-hybridized carbons (Fsp3) is 0.364. The van der Waals surface area contributed by atoms with E-state index in [0.29, 0.717) is 36.5 Å². The van der Waals surface area contributed by atoms with Crippen LogP contribution in [0.25, 0.3) is 0 Å². The Kier molecular flexibility index (Phi) is 7.41. The van der Waals surface area contributed by atoms with Crippen molar-refractivity contribution in [2.45, 2.75) is 40.2 Å². The maximum absolute atomic E-state index is 12.7.